The predicted octanol–water partition coefficient (Wildman–Crippen LogP) is 3.34. The van der Waals surface area contributed by atoms with Gasteiger partial charge in [-0.25, -0.2) is 0 Å². The van der Waals surface area contributed by atoms with Crippen molar-refractivity contribution in [2.75, 3.05) is 13.1 Å². The summed E-state index contributed by atoms with van der Waals surface area (Å²) in [5.41, 5.74) is 0.947. The summed E-state index contributed by atoms with van der Waals surface area (Å²) in [5.74, 6) is 0. The molecule has 0 saturated carbocycles. The lowest BCUT2D eigenvalue weighted by Gasteiger charge is -2.18. The zero-order chi connectivity index (χ0) is 13.7. The standard InChI is InChI=1S/C14H16N2OS2/c1-3-7-16(8-4-2)10-12-13(15-14(17)19-12)11-6-5-9-18-11/h3-6,9H,1-2,7-8,10H2,(H,15,17). The largest absolute Gasteiger partial charge is 0.311 e. The molecule has 3 nitrogen and oxygen atoms in total. The molecule has 2 aromatic rings. The van der Waals surface area contributed by atoms with Gasteiger partial charge in [-0.05, 0) is 11.4 Å². The van der Waals surface area contributed by atoms with Gasteiger partial charge in [0.05, 0.1) is 10.6 Å². The van der Waals surface area contributed by atoms with Crippen LogP contribution in [0, 0.1) is 0 Å². The lowest BCUT2D eigenvalue weighted by Crippen LogP contribution is -2.23. The second-order valence-corrected chi connectivity index (χ2v) is 6.08. The number of aromatic nitrogens is 1. The number of hydrogen-bond acceptors (Lipinski definition) is 4. The summed E-state index contributed by atoms with van der Waals surface area (Å²) >= 11 is 2.91. The fourth-order valence-electron chi connectivity index (χ4n) is 1.86. The molecule has 0 aromatic carbocycles. The van der Waals surface area contributed by atoms with Gasteiger partial charge in [0.1, 0.15) is 0 Å². The van der Waals surface area contributed by atoms with E-state index < -0.39 is 0 Å². The van der Waals surface area contributed by atoms with Crippen LogP contribution in [0.2, 0.25) is 0 Å². The maximum atomic E-state index is 11.6. The summed E-state index contributed by atoms with van der Waals surface area (Å²) in [4.78, 5) is 18.9. The van der Waals surface area contributed by atoms with Crippen LogP contribution in [-0.4, -0.2) is 23.0 Å². The summed E-state index contributed by atoms with van der Waals surface area (Å²) in [6.45, 7) is 9.81. The second kappa shape index (κ2) is 6.65. The van der Waals surface area contributed by atoms with Crippen LogP contribution in [0.3, 0.4) is 0 Å². The van der Waals surface area contributed by atoms with E-state index in [4.69, 9.17) is 0 Å². The molecule has 0 unspecified atom stereocenters. The summed E-state index contributed by atoms with van der Waals surface area (Å²) in [5, 5.41) is 2.01. The molecule has 0 amide bonds. The molecule has 0 aliphatic carbocycles. The Balaban J connectivity index is 2.26. The molecule has 5 heteroatoms. The highest BCUT2D eigenvalue weighted by Crippen LogP contribution is 2.28. The number of thiophene rings is 1. The van der Waals surface area contributed by atoms with Gasteiger partial charge >= 0.3 is 4.87 Å². The lowest BCUT2D eigenvalue weighted by molar-refractivity contribution is 0.331. The third kappa shape index (κ3) is 3.53. The number of rotatable bonds is 7. The van der Waals surface area contributed by atoms with Crippen LogP contribution in [0.25, 0.3) is 10.6 Å². The van der Waals surface area contributed by atoms with E-state index in [0.717, 1.165) is 35.1 Å². The van der Waals surface area contributed by atoms with E-state index in [9.17, 15) is 4.79 Å². The smallest absolute Gasteiger partial charge is 0.305 e. The van der Waals surface area contributed by atoms with Gasteiger partial charge < -0.3 is 4.98 Å². The molecule has 2 aromatic heterocycles. The molecule has 0 aliphatic rings. The average molecular weight is 292 g/mol. The van der Waals surface area contributed by atoms with Gasteiger partial charge in [0.25, 0.3) is 0 Å². The molecule has 0 bridgehead atoms. The van der Waals surface area contributed by atoms with E-state index in [1.807, 2.05) is 29.7 Å². The summed E-state index contributed by atoms with van der Waals surface area (Å²) in [7, 11) is 0. The van der Waals surface area contributed by atoms with Crippen molar-refractivity contribution in [3.63, 3.8) is 0 Å². The average Bonchev–Trinajstić information content (AvgIpc) is 2.99. The van der Waals surface area contributed by atoms with E-state index in [-0.39, 0.29) is 4.87 Å². The second-order valence-electron chi connectivity index (χ2n) is 4.06. The minimum atomic E-state index is -0.00411. The van der Waals surface area contributed by atoms with Gasteiger partial charge in [-0.3, -0.25) is 9.69 Å². The fourth-order valence-corrected chi connectivity index (χ4v) is 3.57. The number of aromatic amines is 1. The highest BCUT2D eigenvalue weighted by molar-refractivity contribution is 7.14. The Kier molecular flexibility index (Phi) is 4.90. The third-order valence-electron chi connectivity index (χ3n) is 2.63. The predicted molar refractivity (Wildman–Crippen MR) is 83.9 cm³/mol. The van der Waals surface area contributed by atoms with Crippen molar-refractivity contribution in [3.05, 3.63) is 57.4 Å². The summed E-state index contributed by atoms with van der Waals surface area (Å²) in [6.07, 6.45) is 3.73. The van der Waals surface area contributed by atoms with Gasteiger partial charge in [-0.2, -0.15) is 0 Å². The Morgan fingerprint density at radius 2 is 2.05 bits per heavy atom. The first-order chi connectivity index (χ1) is 9.24. The van der Waals surface area contributed by atoms with Crippen molar-refractivity contribution in [3.8, 4) is 10.6 Å². The van der Waals surface area contributed by atoms with E-state index in [0.29, 0.717) is 0 Å². The topological polar surface area (TPSA) is 36.1 Å². The van der Waals surface area contributed by atoms with Crippen molar-refractivity contribution in [1.29, 1.82) is 0 Å². The molecule has 1 N–H and O–H groups in total. The quantitative estimate of drug-likeness (QED) is 0.795. The van der Waals surface area contributed by atoms with E-state index in [1.54, 1.807) is 11.3 Å². The van der Waals surface area contributed by atoms with Crippen LogP contribution < -0.4 is 4.87 Å². The highest BCUT2D eigenvalue weighted by atomic mass is 32.1. The molecule has 0 atom stereocenters. The SMILES string of the molecule is C=CCN(CC=C)Cc1sc(=O)[nH]c1-c1cccs1. The zero-order valence-corrected chi connectivity index (χ0v) is 12.2. The Bertz CT molecular complexity index is 585. The van der Waals surface area contributed by atoms with Crippen molar-refractivity contribution in [2.45, 2.75) is 6.54 Å². The van der Waals surface area contributed by atoms with Gasteiger partial charge in [0.2, 0.25) is 0 Å². The molecule has 0 radical (unpaired) electrons. The van der Waals surface area contributed by atoms with Crippen LogP contribution in [0.4, 0.5) is 0 Å². The molecule has 100 valence electrons. The molecule has 0 fully saturated rings. The number of H-pyrrole nitrogens is 1. The number of nitrogens with zero attached hydrogens (tertiary/aromatic N) is 1. The fraction of sp³-hybridized carbons (Fsp3) is 0.214. The summed E-state index contributed by atoms with van der Waals surface area (Å²) < 4.78 is 0. The number of thiazole rings is 1. The van der Waals surface area contributed by atoms with Gasteiger partial charge in [0, 0.05) is 24.5 Å². The van der Waals surface area contributed by atoms with Crippen molar-refractivity contribution in [2.24, 2.45) is 0 Å². The zero-order valence-electron chi connectivity index (χ0n) is 10.6. The van der Waals surface area contributed by atoms with Gasteiger partial charge in [-0.15, -0.1) is 24.5 Å². The minimum Gasteiger partial charge on any atom is -0.311 e. The normalized spacial score (nSPS) is 10.8. The molecule has 0 aliphatic heterocycles. The maximum Gasteiger partial charge on any atom is 0.305 e. The minimum absolute atomic E-state index is 0.00411. The van der Waals surface area contributed by atoms with Gasteiger partial charge in [0.15, 0.2) is 0 Å². The first kappa shape index (κ1) is 14.0. The summed E-state index contributed by atoms with van der Waals surface area (Å²) in [6, 6.07) is 4.02. The number of hydrogen-bond donors (Lipinski definition) is 1. The van der Waals surface area contributed by atoms with Crippen LogP contribution in [0.5, 0.6) is 0 Å². The molecule has 2 heterocycles. The maximum absolute atomic E-state index is 11.6. The Labute approximate surface area is 120 Å². The monoisotopic (exact) mass is 292 g/mol. The molecule has 19 heavy (non-hydrogen) atoms. The molecule has 0 spiro atoms. The van der Waals surface area contributed by atoms with Gasteiger partial charge in [-0.1, -0.05) is 29.6 Å². The van der Waals surface area contributed by atoms with Crippen LogP contribution in [0.15, 0.2) is 47.6 Å². The van der Waals surface area contributed by atoms with Crippen molar-refractivity contribution < 1.29 is 0 Å². The highest BCUT2D eigenvalue weighted by Gasteiger charge is 2.13. The first-order valence-corrected chi connectivity index (χ1v) is 7.64. The Morgan fingerprint density at radius 1 is 1.32 bits per heavy atom. The van der Waals surface area contributed by atoms with Crippen molar-refractivity contribution >= 4 is 22.7 Å². The molecular weight excluding hydrogens is 276 g/mol. The Morgan fingerprint density at radius 3 is 2.63 bits per heavy atom. The van der Waals surface area contributed by atoms with Crippen LogP contribution in [0.1, 0.15) is 4.88 Å². The molecule has 0 saturated heterocycles. The third-order valence-corrected chi connectivity index (χ3v) is 4.39. The number of nitrogens with one attached hydrogen (secondary N) is 1. The molecule has 2 rings (SSSR count). The molecular formula is C14H16N2OS2. The van der Waals surface area contributed by atoms with E-state index in [2.05, 4.69) is 23.0 Å². The van der Waals surface area contributed by atoms with Crippen LogP contribution in [-0.2, 0) is 6.54 Å². The van der Waals surface area contributed by atoms with Crippen molar-refractivity contribution in [1.82, 2.24) is 9.88 Å². The Hall–Kier alpha value is -1.43. The van der Waals surface area contributed by atoms with Crippen LogP contribution >= 0.6 is 22.7 Å². The lowest BCUT2D eigenvalue weighted by atomic mass is 10.3. The van der Waals surface area contributed by atoms with E-state index in [1.165, 1.54) is 11.3 Å². The first-order valence-electron chi connectivity index (χ1n) is 5.94. The van der Waals surface area contributed by atoms with E-state index >= 15 is 0 Å².